The lowest BCUT2D eigenvalue weighted by Crippen LogP contribution is -2.43. The van der Waals surface area contributed by atoms with Gasteiger partial charge in [-0.1, -0.05) is 30.3 Å². The summed E-state index contributed by atoms with van der Waals surface area (Å²) in [5, 5.41) is 5.43. The van der Waals surface area contributed by atoms with Crippen LogP contribution in [0.5, 0.6) is 0 Å². The predicted molar refractivity (Wildman–Crippen MR) is 114 cm³/mol. The fourth-order valence-electron chi connectivity index (χ4n) is 3.29. The van der Waals surface area contributed by atoms with Gasteiger partial charge < -0.3 is 20.3 Å². The molecule has 0 aliphatic carbocycles. The van der Waals surface area contributed by atoms with Crippen LogP contribution in [0.2, 0.25) is 0 Å². The molecule has 31 heavy (non-hydrogen) atoms. The van der Waals surface area contributed by atoms with Gasteiger partial charge in [0, 0.05) is 25.3 Å². The Kier molecular flexibility index (Phi) is 7.59. The van der Waals surface area contributed by atoms with Gasteiger partial charge >= 0.3 is 12.0 Å². The first-order chi connectivity index (χ1) is 14.9. The number of rotatable bonds is 6. The summed E-state index contributed by atoms with van der Waals surface area (Å²) in [6.45, 7) is 2.30. The smallest absolute Gasteiger partial charge is 0.321 e. The topological polar surface area (TPSA) is 87.7 Å². The maximum absolute atomic E-state index is 13.5. The zero-order chi connectivity index (χ0) is 22.2. The number of nitrogens with one attached hydrogen (secondary N) is 2. The molecule has 1 heterocycles. The van der Waals surface area contributed by atoms with E-state index in [4.69, 9.17) is 4.74 Å². The van der Waals surface area contributed by atoms with Gasteiger partial charge in [0.1, 0.15) is 5.82 Å². The van der Waals surface area contributed by atoms with Gasteiger partial charge in [0.15, 0.2) is 6.61 Å². The van der Waals surface area contributed by atoms with E-state index >= 15 is 0 Å². The Morgan fingerprint density at radius 2 is 1.81 bits per heavy atom. The van der Waals surface area contributed by atoms with Crippen LogP contribution in [0.4, 0.5) is 14.9 Å². The van der Waals surface area contributed by atoms with E-state index in [0.717, 1.165) is 0 Å². The highest BCUT2D eigenvalue weighted by atomic mass is 19.1. The van der Waals surface area contributed by atoms with Crippen LogP contribution < -0.4 is 10.6 Å². The molecule has 3 rings (SSSR count). The number of para-hydroxylation sites is 1. The van der Waals surface area contributed by atoms with Crippen molar-refractivity contribution in [2.45, 2.75) is 26.3 Å². The van der Waals surface area contributed by atoms with Crippen LogP contribution in [-0.2, 0) is 20.9 Å². The van der Waals surface area contributed by atoms with Crippen molar-refractivity contribution in [2.75, 3.05) is 25.0 Å². The van der Waals surface area contributed by atoms with Crippen LogP contribution in [0.3, 0.4) is 0 Å². The summed E-state index contributed by atoms with van der Waals surface area (Å²) in [6, 6.07) is 13.7. The number of anilines is 1. The summed E-state index contributed by atoms with van der Waals surface area (Å²) >= 11 is 0. The van der Waals surface area contributed by atoms with Gasteiger partial charge in [0.25, 0.3) is 5.91 Å². The first-order valence-electron chi connectivity index (χ1n) is 10.2. The van der Waals surface area contributed by atoms with Gasteiger partial charge in [-0.15, -0.1) is 0 Å². The number of ether oxygens (including phenoxy) is 1. The highest BCUT2D eigenvalue weighted by molar-refractivity contribution is 5.89. The van der Waals surface area contributed by atoms with E-state index < -0.39 is 11.9 Å². The Morgan fingerprint density at radius 1 is 1.10 bits per heavy atom. The summed E-state index contributed by atoms with van der Waals surface area (Å²) in [5.74, 6) is -1.57. The Bertz CT molecular complexity index is 928. The maximum Gasteiger partial charge on any atom is 0.321 e. The van der Waals surface area contributed by atoms with Crippen LogP contribution in [-0.4, -0.2) is 42.5 Å². The van der Waals surface area contributed by atoms with Crippen molar-refractivity contribution in [3.63, 3.8) is 0 Å². The van der Waals surface area contributed by atoms with Crippen molar-refractivity contribution in [3.05, 3.63) is 65.5 Å². The van der Waals surface area contributed by atoms with E-state index in [-0.39, 0.29) is 30.9 Å². The molecule has 164 valence electrons. The molecule has 0 bridgehead atoms. The normalized spacial score (nSPS) is 14.1. The van der Waals surface area contributed by atoms with E-state index in [1.807, 2.05) is 30.3 Å². The number of hydrogen-bond donors (Lipinski definition) is 2. The molecular formula is C23H26FN3O4. The molecule has 0 saturated carbocycles. The Hall–Kier alpha value is -3.42. The predicted octanol–water partition coefficient (Wildman–Crippen LogP) is 3.24. The van der Waals surface area contributed by atoms with Crippen LogP contribution >= 0.6 is 0 Å². The Balaban J connectivity index is 1.36. The number of esters is 1. The summed E-state index contributed by atoms with van der Waals surface area (Å²) in [7, 11) is 0. The number of halogens is 1. The second-order valence-corrected chi connectivity index (χ2v) is 7.53. The maximum atomic E-state index is 13.5. The third kappa shape index (κ3) is 6.53. The molecule has 2 aromatic rings. The zero-order valence-electron chi connectivity index (χ0n) is 17.4. The molecule has 3 amide bonds. The third-order valence-electron chi connectivity index (χ3n) is 5.21. The number of carbonyl (C=O) groups is 3. The molecule has 0 aromatic heterocycles. The van der Waals surface area contributed by atoms with Crippen molar-refractivity contribution >= 4 is 23.6 Å². The Morgan fingerprint density at radius 3 is 2.48 bits per heavy atom. The number of amides is 3. The summed E-state index contributed by atoms with van der Waals surface area (Å²) in [5.41, 5.74) is 1.88. The minimum Gasteiger partial charge on any atom is -0.455 e. The second kappa shape index (κ2) is 10.6. The molecule has 2 N–H and O–H groups in total. The van der Waals surface area contributed by atoms with Gasteiger partial charge in [-0.2, -0.15) is 0 Å². The largest absolute Gasteiger partial charge is 0.455 e. The quantitative estimate of drug-likeness (QED) is 0.693. The molecule has 0 radical (unpaired) electrons. The van der Waals surface area contributed by atoms with Gasteiger partial charge in [-0.25, -0.2) is 9.18 Å². The molecule has 0 unspecified atom stereocenters. The van der Waals surface area contributed by atoms with E-state index in [1.165, 1.54) is 6.07 Å². The lowest BCUT2D eigenvalue weighted by molar-refractivity contribution is -0.153. The number of likely N-dealkylation sites (tertiary alicyclic amines) is 1. The second-order valence-electron chi connectivity index (χ2n) is 7.53. The minimum absolute atomic E-state index is 0.155. The lowest BCUT2D eigenvalue weighted by Gasteiger charge is -2.30. The molecule has 8 heteroatoms. The number of aryl methyl sites for hydroxylation is 1. The zero-order valence-corrected chi connectivity index (χ0v) is 17.4. The van der Waals surface area contributed by atoms with Gasteiger partial charge in [0.05, 0.1) is 5.92 Å². The van der Waals surface area contributed by atoms with E-state index in [9.17, 15) is 18.8 Å². The average Bonchev–Trinajstić information content (AvgIpc) is 2.79. The fourth-order valence-corrected chi connectivity index (χ4v) is 3.29. The Labute approximate surface area is 180 Å². The molecule has 0 atom stereocenters. The van der Waals surface area contributed by atoms with Crippen molar-refractivity contribution < 1.29 is 23.5 Å². The fraction of sp³-hybridized carbons (Fsp3) is 0.348. The molecule has 1 aliphatic heterocycles. The number of nitrogens with zero attached hydrogens (tertiary/aromatic N) is 1. The number of carbonyl (C=O) groups excluding carboxylic acids is 3. The standard InChI is InChI=1S/C23H26FN3O4/c1-16-7-8-17(13-20(16)24)14-25-21(28)15-31-22(29)18-9-11-27(12-10-18)23(30)26-19-5-3-2-4-6-19/h2-8,13,18H,9-12,14-15H2,1H3,(H,25,28)(H,26,30). The number of urea groups is 1. The number of hydrogen-bond acceptors (Lipinski definition) is 4. The van der Waals surface area contributed by atoms with Crippen LogP contribution in [0.15, 0.2) is 48.5 Å². The van der Waals surface area contributed by atoms with Crippen molar-refractivity contribution in [2.24, 2.45) is 5.92 Å². The number of piperidine rings is 1. The lowest BCUT2D eigenvalue weighted by atomic mass is 9.97. The molecule has 0 spiro atoms. The van der Waals surface area contributed by atoms with Gasteiger partial charge in [0.2, 0.25) is 0 Å². The van der Waals surface area contributed by atoms with Crippen LogP contribution in [0.1, 0.15) is 24.0 Å². The summed E-state index contributed by atoms with van der Waals surface area (Å²) in [6.07, 6.45) is 0.955. The van der Waals surface area contributed by atoms with Crippen molar-refractivity contribution in [1.29, 1.82) is 0 Å². The SMILES string of the molecule is Cc1ccc(CNC(=O)COC(=O)C2CCN(C(=O)Nc3ccccc3)CC2)cc1F. The first-order valence-corrected chi connectivity index (χ1v) is 10.2. The third-order valence-corrected chi connectivity index (χ3v) is 5.21. The first kappa shape index (κ1) is 22.3. The van der Waals surface area contributed by atoms with E-state index in [0.29, 0.717) is 42.7 Å². The summed E-state index contributed by atoms with van der Waals surface area (Å²) in [4.78, 5) is 38.1. The van der Waals surface area contributed by atoms with E-state index in [1.54, 1.807) is 24.0 Å². The van der Waals surface area contributed by atoms with Crippen LogP contribution in [0, 0.1) is 18.7 Å². The molecule has 1 aliphatic rings. The molecular weight excluding hydrogens is 401 g/mol. The average molecular weight is 427 g/mol. The molecule has 7 nitrogen and oxygen atoms in total. The van der Waals surface area contributed by atoms with Crippen LogP contribution in [0.25, 0.3) is 0 Å². The van der Waals surface area contributed by atoms with Crippen molar-refractivity contribution in [1.82, 2.24) is 10.2 Å². The summed E-state index contributed by atoms with van der Waals surface area (Å²) < 4.78 is 18.7. The number of benzene rings is 2. The van der Waals surface area contributed by atoms with Gasteiger partial charge in [-0.3, -0.25) is 9.59 Å². The molecule has 2 aromatic carbocycles. The van der Waals surface area contributed by atoms with E-state index in [2.05, 4.69) is 10.6 Å². The highest BCUT2D eigenvalue weighted by Gasteiger charge is 2.28. The molecule has 1 fully saturated rings. The molecule has 1 saturated heterocycles. The van der Waals surface area contributed by atoms with Gasteiger partial charge in [-0.05, 0) is 49.1 Å². The highest BCUT2D eigenvalue weighted by Crippen LogP contribution is 2.19. The van der Waals surface area contributed by atoms with Crippen molar-refractivity contribution in [3.8, 4) is 0 Å². The minimum atomic E-state index is -0.450. The monoisotopic (exact) mass is 427 g/mol.